The van der Waals surface area contributed by atoms with Crippen molar-refractivity contribution in [3.05, 3.63) is 12.2 Å². The third-order valence-electron chi connectivity index (χ3n) is 1.04. The van der Waals surface area contributed by atoms with E-state index in [2.05, 4.69) is 12.5 Å². The van der Waals surface area contributed by atoms with Crippen LogP contribution < -0.4 is 0 Å². The minimum absolute atomic E-state index is 0.157. The van der Waals surface area contributed by atoms with E-state index < -0.39 is 0 Å². The summed E-state index contributed by atoms with van der Waals surface area (Å²) in [6.45, 7) is 0.157. The van der Waals surface area contributed by atoms with Gasteiger partial charge in [-0.3, -0.25) is 9.59 Å². The predicted molar refractivity (Wildman–Crippen MR) is 37.1 cm³/mol. The summed E-state index contributed by atoms with van der Waals surface area (Å²) < 4.78 is 0. The molecule has 0 spiro atoms. The second kappa shape index (κ2) is 2.27. The number of hydrogen-bond donors (Lipinski definition) is 1. The number of nitrogens with zero attached hydrogens (tertiary/aromatic N) is 1. The minimum Gasteiger partial charge on any atom is -0.314 e. The van der Waals surface area contributed by atoms with Crippen molar-refractivity contribution in [3.63, 3.8) is 0 Å². The van der Waals surface area contributed by atoms with E-state index in [1.54, 1.807) is 0 Å². The number of amides is 2. The van der Waals surface area contributed by atoms with Crippen molar-refractivity contribution in [3.8, 4) is 0 Å². The minimum atomic E-state index is -0.282. The van der Waals surface area contributed by atoms with Crippen molar-refractivity contribution in [2.45, 2.75) is 0 Å². The van der Waals surface area contributed by atoms with Crippen LogP contribution in [0.1, 0.15) is 0 Å². The standard InChI is InChI=1S/C4H4BNO2S/c7-3-1-2-4(8)6(3)5-9/h1-2,5,9H. The van der Waals surface area contributed by atoms with Crippen LogP contribution in [-0.4, -0.2) is 23.3 Å². The highest BCUT2D eigenvalue weighted by atomic mass is 32.1. The average Bonchev–Trinajstić information content (AvgIpc) is 2.12. The first kappa shape index (κ1) is 6.42. The molecule has 1 aliphatic heterocycles. The van der Waals surface area contributed by atoms with Crippen molar-refractivity contribution in [1.82, 2.24) is 4.81 Å². The van der Waals surface area contributed by atoms with Crippen molar-refractivity contribution in [2.24, 2.45) is 0 Å². The van der Waals surface area contributed by atoms with Gasteiger partial charge in [0.2, 0.25) is 11.8 Å². The van der Waals surface area contributed by atoms with E-state index in [9.17, 15) is 9.59 Å². The first-order valence-electron chi connectivity index (χ1n) is 2.40. The van der Waals surface area contributed by atoms with Crippen molar-refractivity contribution >= 4 is 31.0 Å². The lowest BCUT2D eigenvalue weighted by Gasteiger charge is -2.06. The summed E-state index contributed by atoms with van der Waals surface area (Å²) in [6, 6.07) is 0. The molecule has 1 rings (SSSR count). The molecule has 3 nitrogen and oxygen atoms in total. The first-order chi connectivity index (χ1) is 4.25. The molecule has 5 heteroatoms. The van der Waals surface area contributed by atoms with E-state index in [0.29, 0.717) is 0 Å². The van der Waals surface area contributed by atoms with Gasteiger partial charge in [-0.05, 0) is 0 Å². The Morgan fingerprint density at radius 1 is 1.33 bits per heavy atom. The Bertz CT molecular complexity index is 173. The number of carbonyl (C=O) groups excluding carboxylic acids is 2. The van der Waals surface area contributed by atoms with Gasteiger partial charge in [-0.2, -0.15) is 0 Å². The van der Waals surface area contributed by atoms with Gasteiger partial charge in [0.05, 0.1) is 0 Å². The fourth-order valence-electron chi connectivity index (χ4n) is 0.571. The predicted octanol–water partition coefficient (Wildman–Crippen LogP) is -0.892. The molecule has 1 aliphatic rings. The molecule has 0 aliphatic carbocycles. The molecule has 0 fully saturated rings. The Balaban J connectivity index is 2.75. The molecule has 0 unspecified atom stereocenters. The van der Waals surface area contributed by atoms with Gasteiger partial charge in [-0.15, -0.1) is 0 Å². The Morgan fingerprint density at radius 3 is 2.00 bits per heavy atom. The smallest absolute Gasteiger partial charge is 0.313 e. The van der Waals surface area contributed by atoms with Gasteiger partial charge in [0, 0.05) is 12.2 Å². The molecule has 9 heavy (non-hydrogen) atoms. The SMILES string of the molecule is O=C1C=CC(=O)N1BS. The largest absolute Gasteiger partial charge is 0.314 e. The zero-order valence-corrected chi connectivity index (χ0v) is 5.47. The molecule has 1 heterocycles. The second-order valence-electron chi connectivity index (χ2n) is 1.58. The van der Waals surface area contributed by atoms with Gasteiger partial charge in [0.25, 0.3) is 0 Å². The maximum atomic E-state index is 10.6. The Hall–Kier alpha value is -0.705. The lowest BCUT2D eigenvalue weighted by atomic mass is 10.3. The van der Waals surface area contributed by atoms with E-state index in [1.165, 1.54) is 12.2 Å². The van der Waals surface area contributed by atoms with Crippen LogP contribution in [0.25, 0.3) is 0 Å². The third-order valence-corrected chi connectivity index (χ3v) is 1.32. The molecule has 0 aromatic rings. The number of imide groups is 1. The summed E-state index contributed by atoms with van der Waals surface area (Å²) >= 11 is 3.78. The molecule has 2 amide bonds. The lowest BCUT2D eigenvalue weighted by molar-refractivity contribution is -0.131. The molecule has 0 atom stereocenters. The van der Waals surface area contributed by atoms with Crippen molar-refractivity contribution in [1.29, 1.82) is 0 Å². The molecule has 0 aromatic heterocycles. The first-order valence-corrected chi connectivity index (χ1v) is 3.03. The van der Waals surface area contributed by atoms with Crippen molar-refractivity contribution < 1.29 is 9.59 Å². The van der Waals surface area contributed by atoms with E-state index in [4.69, 9.17) is 0 Å². The van der Waals surface area contributed by atoms with E-state index in [0.717, 1.165) is 4.81 Å². The van der Waals surface area contributed by atoms with E-state index >= 15 is 0 Å². The number of carbonyl (C=O) groups is 2. The zero-order valence-electron chi connectivity index (χ0n) is 4.57. The second-order valence-corrected chi connectivity index (χ2v) is 1.86. The Kier molecular flexibility index (Phi) is 1.62. The molecule has 0 aromatic carbocycles. The van der Waals surface area contributed by atoms with E-state index in [-0.39, 0.29) is 18.5 Å². The van der Waals surface area contributed by atoms with Gasteiger partial charge in [0.1, 0.15) is 0 Å². The molecule has 0 N–H and O–H groups in total. The molecule has 0 bridgehead atoms. The quantitative estimate of drug-likeness (QED) is 0.292. The van der Waals surface area contributed by atoms with Crippen LogP contribution >= 0.6 is 12.5 Å². The summed E-state index contributed by atoms with van der Waals surface area (Å²) in [7, 11) is 0. The fourth-order valence-corrected chi connectivity index (χ4v) is 0.849. The van der Waals surface area contributed by atoms with Crippen LogP contribution in [0.2, 0.25) is 0 Å². The summed E-state index contributed by atoms with van der Waals surface area (Å²) in [5, 5.41) is 0. The third kappa shape index (κ3) is 1.00. The summed E-state index contributed by atoms with van der Waals surface area (Å²) in [5.74, 6) is -0.565. The van der Waals surface area contributed by atoms with Crippen LogP contribution in [-0.2, 0) is 9.59 Å². The number of rotatable bonds is 1. The molecule has 46 valence electrons. The topological polar surface area (TPSA) is 37.4 Å². The lowest BCUT2D eigenvalue weighted by Crippen LogP contribution is -2.30. The van der Waals surface area contributed by atoms with Gasteiger partial charge in [-0.25, -0.2) is 12.5 Å². The van der Waals surface area contributed by atoms with Crippen LogP contribution in [0.4, 0.5) is 0 Å². The fraction of sp³-hybridized carbons (Fsp3) is 0. The molecular formula is C4H4BNO2S. The summed E-state index contributed by atoms with van der Waals surface area (Å²) in [6.07, 6.45) is 2.47. The van der Waals surface area contributed by atoms with Crippen molar-refractivity contribution in [2.75, 3.05) is 0 Å². The zero-order chi connectivity index (χ0) is 6.85. The number of hydrogen-bond acceptors (Lipinski definition) is 3. The Labute approximate surface area is 58.3 Å². The summed E-state index contributed by atoms with van der Waals surface area (Å²) in [4.78, 5) is 22.2. The summed E-state index contributed by atoms with van der Waals surface area (Å²) in [5.41, 5.74) is 0. The molecule has 0 radical (unpaired) electrons. The highest BCUT2D eigenvalue weighted by Crippen LogP contribution is 2.01. The van der Waals surface area contributed by atoms with Gasteiger partial charge < -0.3 is 4.81 Å². The molecule has 0 saturated heterocycles. The Morgan fingerprint density at radius 2 is 1.78 bits per heavy atom. The van der Waals surface area contributed by atoms with Crippen LogP contribution in [0, 0.1) is 0 Å². The van der Waals surface area contributed by atoms with Gasteiger partial charge in [-0.1, -0.05) is 0 Å². The molecule has 0 saturated carbocycles. The normalized spacial score (nSPS) is 17.2. The van der Waals surface area contributed by atoms with Crippen LogP contribution in [0.5, 0.6) is 0 Å². The van der Waals surface area contributed by atoms with E-state index in [1.807, 2.05) is 0 Å². The monoisotopic (exact) mass is 141 g/mol. The molecular weight excluding hydrogens is 137 g/mol. The highest BCUT2D eigenvalue weighted by Gasteiger charge is 2.21. The average molecular weight is 141 g/mol. The highest BCUT2D eigenvalue weighted by molar-refractivity contribution is 8.06. The maximum Gasteiger partial charge on any atom is 0.313 e. The van der Waals surface area contributed by atoms with Crippen LogP contribution in [0.3, 0.4) is 0 Å². The van der Waals surface area contributed by atoms with Crippen LogP contribution in [0.15, 0.2) is 12.2 Å². The maximum absolute atomic E-state index is 10.6. The van der Waals surface area contributed by atoms with Gasteiger partial charge in [0.15, 0.2) is 0 Å². The van der Waals surface area contributed by atoms with Gasteiger partial charge >= 0.3 is 6.69 Å². The number of thiol groups is 1.